The first-order chi connectivity index (χ1) is 9.45. The second-order valence-corrected chi connectivity index (χ2v) is 4.07. The van der Waals surface area contributed by atoms with Gasteiger partial charge in [0, 0.05) is 20.1 Å². The minimum atomic E-state index is -5.16. The topological polar surface area (TPSA) is 27.7 Å². The van der Waals surface area contributed by atoms with Gasteiger partial charge < -0.3 is 27.2 Å². The number of hydrogen-bond acceptors (Lipinski definition) is 3. The standard InChI is InChI=1S/C12H16BF4O3/c1-18-7-8-19-5-2-6-20-12-9-10(13(15,16)17)3-4-11(12)14/h3-4,9H,2,5-8H2,1H3/q-1. The Morgan fingerprint density at radius 3 is 2.45 bits per heavy atom. The van der Waals surface area contributed by atoms with Crippen LogP contribution < -0.4 is 10.2 Å². The molecule has 0 heterocycles. The Balaban J connectivity index is 2.40. The highest BCUT2D eigenvalue weighted by atomic mass is 19.4. The smallest absolute Gasteiger partial charge is 0.491 e. The summed E-state index contributed by atoms with van der Waals surface area (Å²) in [4.78, 5) is 0. The van der Waals surface area contributed by atoms with E-state index in [1.54, 1.807) is 7.11 Å². The van der Waals surface area contributed by atoms with Gasteiger partial charge in [-0.1, -0.05) is 6.07 Å². The molecule has 8 heteroatoms. The van der Waals surface area contributed by atoms with Gasteiger partial charge in [-0.05, 0) is 12.1 Å². The molecule has 0 radical (unpaired) electrons. The van der Waals surface area contributed by atoms with Crippen LogP contribution in [0.25, 0.3) is 0 Å². The highest BCUT2D eigenvalue weighted by molar-refractivity contribution is 6.73. The van der Waals surface area contributed by atoms with Crippen molar-refractivity contribution in [2.45, 2.75) is 6.42 Å². The van der Waals surface area contributed by atoms with Crippen LogP contribution in [-0.4, -0.2) is 40.5 Å². The van der Waals surface area contributed by atoms with Crippen molar-refractivity contribution in [3.8, 4) is 5.75 Å². The van der Waals surface area contributed by atoms with Gasteiger partial charge in [0.25, 0.3) is 0 Å². The number of benzene rings is 1. The van der Waals surface area contributed by atoms with Crippen molar-refractivity contribution in [3.05, 3.63) is 24.0 Å². The molecular formula is C12H16BF4O3-. The second-order valence-electron chi connectivity index (χ2n) is 4.07. The fourth-order valence-corrected chi connectivity index (χ4v) is 1.42. The van der Waals surface area contributed by atoms with Gasteiger partial charge in [-0.15, -0.1) is 5.46 Å². The van der Waals surface area contributed by atoms with Gasteiger partial charge in [-0.3, -0.25) is 0 Å². The van der Waals surface area contributed by atoms with Crippen LogP contribution in [0, 0.1) is 5.82 Å². The largest absolute Gasteiger partial charge is 0.509 e. The van der Waals surface area contributed by atoms with Gasteiger partial charge in [0.15, 0.2) is 11.6 Å². The minimum Gasteiger partial charge on any atom is -0.491 e. The molecule has 0 aliphatic carbocycles. The van der Waals surface area contributed by atoms with Crippen LogP contribution in [0.15, 0.2) is 18.2 Å². The molecule has 0 bridgehead atoms. The Morgan fingerprint density at radius 1 is 1.05 bits per heavy atom. The van der Waals surface area contributed by atoms with Crippen molar-refractivity contribution in [1.29, 1.82) is 0 Å². The second kappa shape index (κ2) is 8.11. The van der Waals surface area contributed by atoms with E-state index in [9.17, 15) is 17.3 Å². The van der Waals surface area contributed by atoms with E-state index in [-0.39, 0.29) is 6.61 Å². The van der Waals surface area contributed by atoms with Crippen molar-refractivity contribution >= 4 is 12.4 Å². The van der Waals surface area contributed by atoms with Crippen molar-refractivity contribution in [3.63, 3.8) is 0 Å². The third-order valence-electron chi connectivity index (χ3n) is 2.46. The van der Waals surface area contributed by atoms with Crippen molar-refractivity contribution in [1.82, 2.24) is 0 Å². The Hall–Kier alpha value is -1.28. The first-order valence-corrected chi connectivity index (χ1v) is 6.14. The molecule has 0 amide bonds. The molecule has 1 rings (SSSR count). The molecule has 3 nitrogen and oxygen atoms in total. The van der Waals surface area contributed by atoms with Gasteiger partial charge in [0.1, 0.15) is 0 Å². The summed E-state index contributed by atoms with van der Waals surface area (Å²) < 4.78 is 65.8. The zero-order chi connectivity index (χ0) is 15.0. The molecule has 0 spiro atoms. The molecule has 0 unspecified atom stereocenters. The number of halogens is 4. The lowest BCUT2D eigenvalue weighted by molar-refractivity contribution is 0.0642. The fraction of sp³-hybridized carbons (Fsp3) is 0.500. The molecule has 0 aliphatic rings. The van der Waals surface area contributed by atoms with Gasteiger partial charge in [-0.2, -0.15) is 0 Å². The lowest BCUT2D eigenvalue weighted by Crippen LogP contribution is -2.34. The van der Waals surface area contributed by atoms with E-state index in [0.29, 0.717) is 38.4 Å². The average molecular weight is 295 g/mol. The van der Waals surface area contributed by atoms with E-state index in [1.807, 2.05) is 0 Å². The molecule has 114 valence electrons. The van der Waals surface area contributed by atoms with E-state index < -0.39 is 24.0 Å². The van der Waals surface area contributed by atoms with Crippen LogP contribution in [0.1, 0.15) is 6.42 Å². The molecule has 1 aromatic carbocycles. The summed E-state index contributed by atoms with van der Waals surface area (Å²) in [5.74, 6) is -1.20. The maximum absolute atomic E-state index is 13.3. The summed E-state index contributed by atoms with van der Waals surface area (Å²) in [5.41, 5.74) is -0.877. The number of rotatable bonds is 9. The quantitative estimate of drug-likeness (QED) is 0.397. The van der Waals surface area contributed by atoms with E-state index >= 15 is 0 Å². The number of hydrogen-bond donors (Lipinski definition) is 0. The Bertz CT molecular complexity index is 412. The first kappa shape index (κ1) is 16.8. The molecule has 1 aromatic rings. The van der Waals surface area contributed by atoms with Crippen LogP contribution in [0.3, 0.4) is 0 Å². The SMILES string of the molecule is COCCOCCCOc1cc([B-](F)(F)F)ccc1F. The highest BCUT2D eigenvalue weighted by Crippen LogP contribution is 2.18. The van der Waals surface area contributed by atoms with Crippen LogP contribution in [0.5, 0.6) is 5.75 Å². The Kier molecular flexibility index (Phi) is 6.80. The first-order valence-electron chi connectivity index (χ1n) is 6.14. The van der Waals surface area contributed by atoms with Crippen molar-refractivity contribution < 1.29 is 31.5 Å². The monoisotopic (exact) mass is 295 g/mol. The molecule has 0 aliphatic heterocycles. The van der Waals surface area contributed by atoms with E-state index in [4.69, 9.17) is 14.2 Å². The number of ether oxygens (including phenoxy) is 3. The van der Waals surface area contributed by atoms with Crippen LogP contribution in [0.2, 0.25) is 0 Å². The van der Waals surface area contributed by atoms with Gasteiger partial charge in [-0.25, -0.2) is 4.39 Å². The van der Waals surface area contributed by atoms with Gasteiger partial charge in [0.05, 0.1) is 19.8 Å². The van der Waals surface area contributed by atoms with Crippen molar-refractivity contribution in [2.24, 2.45) is 0 Å². The lowest BCUT2D eigenvalue weighted by atomic mass is 9.80. The van der Waals surface area contributed by atoms with E-state index in [0.717, 1.165) is 6.07 Å². The van der Waals surface area contributed by atoms with E-state index in [1.165, 1.54) is 0 Å². The molecule has 0 fully saturated rings. The number of methoxy groups -OCH3 is 1. The predicted molar refractivity (Wildman–Crippen MR) is 67.9 cm³/mol. The van der Waals surface area contributed by atoms with Crippen molar-refractivity contribution in [2.75, 3.05) is 33.5 Å². The van der Waals surface area contributed by atoms with Crippen LogP contribution >= 0.6 is 0 Å². The molecule has 0 N–H and O–H groups in total. The molecule has 20 heavy (non-hydrogen) atoms. The summed E-state index contributed by atoms with van der Waals surface area (Å²) in [5, 5.41) is 0. The zero-order valence-corrected chi connectivity index (χ0v) is 11.1. The maximum atomic E-state index is 13.3. The lowest BCUT2D eigenvalue weighted by Gasteiger charge is -2.16. The summed E-state index contributed by atoms with van der Waals surface area (Å²) >= 11 is 0. The van der Waals surface area contributed by atoms with Crippen LogP contribution in [0.4, 0.5) is 17.3 Å². The van der Waals surface area contributed by atoms with E-state index in [2.05, 4.69) is 0 Å². The zero-order valence-electron chi connectivity index (χ0n) is 11.1. The maximum Gasteiger partial charge on any atom is 0.509 e. The molecule has 0 atom stereocenters. The third-order valence-corrected chi connectivity index (χ3v) is 2.46. The summed E-state index contributed by atoms with van der Waals surface area (Å²) in [6.07, 6.45) is 0.449. The normalized spacial score (nSPS) is 11.7. The Morgan fingerprint density at radius 2 is 1.80 bits per heavy atom. The predicted octanol–water partition coefficient (Wildman–Crippen LogP) is 2.31. The molecule has 0 saturated heterocycles. The molecular weight excluding hydrogens is 279 g/mol. The fourth-order valence-electron chi connectivity index (χ4n) is 1.42. The minimum absolute atomic E-state index is 0.0816. The highest BCUT2D eigenvalue weighted by Gasteiger charge is 2.26. The van der Waals surface area contributed by atoms with Gasteiger partial charge >= 0.3 is 6.98 Å². The summed E-state index contributed by atoms with van der Waals surface area (Å²) in [6, 6.07) is 2.14. The molecule has 0 saturated carbocycles. The van der Waals surface area contributed by atoms with Crippen LogP contribution in [-0.2, 0) is 9.47 Å². The Labute approximate surface area is 114 Å². The third kappa shape index (κ3) is 5.79. The van der Waals surface area contributed by atoms with Gasteiger partial charge in [0.2, 0.25) is 0 Å². The summed E-state index contributed by atoms with van der Waals surface area (Å²) in [7, 11) is 1.55. The summed E-state index contributed by atoms with van der Waals surface area (Å²) in [6.45, 7) is -3.82. The average Bonchev–Trinajstić information content (AvgIpc) is 2.38. The molecule has 0 aromatic heterocycles.